The van der Waals surface area contributed by atoms with E-state index in [9.17, 15) is 4.79 Å². The molecule has 5 nitrogen and oxygen atoms in total. The fourth-order valence-electron chi connectivity index (χ4n) is 2.01. The van der Waals surface area contributed by atoms with Gasteiger partial charge in [0.15, 0.2) is 5.58 Å². The maximum atomic E-state index is 11.1. The maximum Gasteiger partial charge on any atom is 0.417 e. The van der Waals surface area contributed by atoms with Gasteiger partial charge in [-0.25, -0.2) is 4.79 Å². The van der Waals surface area contributed by atoms with Crippen LogP contribution in [0.3, 0.4) is 0 Å². The summed E-state index contributed by atoms with van der Waals surface area (Å²) in [6.45, 7) is 0. The van der Waals surface area contributed by atoms with E-state index in [1.165, 1.54) is 5.75 Å². The first-order valence-corrected chi connectivity index (χ1v) is 6.64. The molecule has 1 unspecified atom stereocenters. The molecule has 1 aromatic heterocycles. The Hall–Kier alpha value is -1.56. The molecule has 0 aliphatic carbocycles. The Labute approximate surface area is 102 Å². The van der Waals surface area contributed by atoms with Crippen molar-refractivity contribution in [2.75, 3.05) is 22.6 Å². The molecule has 0 spiro atoms. The van der Waals surface area contributed by atoms with Gasteiger partial charge in [-0.2, -0.15) is 11.8 Å². The van der Waals surface area contributed by atoms with Gasteiger partial charge in [-0.3, -0.25) is 4.98 Å². The van der Waals surface area contributed by atoms with Crippen LogP contribution in [0.25, 0.3) is 11.1 Å². The summed E-state index contributed by atoms with van der Waals surface area (Å²) < 4.78 is 4.95. The van der Waals surface area contributed by atoms with Crippen molar-refractivity contribution >= 4 is 34.2 Å². The lowest BCUT2D eigenvalue weighted by Crippen LogP contribution is -2.18. The normalized spacial score (nSPS) is 19.9. The third-order valence-corrected chi connectivity index (χ3v) is 4.04. The fraction of sp³-hybridized carbons (Fsp3) is 0.364. The Kier molecular flexibility index (Phi) is 2.51. The van der Waals surface area contributed by atoms with E-state index < -0.39 is 5.76 Å². The number of benzene rings is 1. The molecular weight excluding hydrogens is 238 g/mol. The molecule has 1 saturated heterocycles. The number of rotatable bonds is 2. The second-order valence-electron chi connectivity index (χ2n) is 4.15. The van der Waals surface area contributed by atoms with Crippen LogP contribution in [0.1, 0.15) is 6.42 Å². The molecule has 0 saturated carbocycles. The minimum absolute atomic E-state index is 0.451. The van der Waals surface area contributed by atoms with Gasteiger partial charge in [0.2, 0.25) is 0 Å². The van der Waals surface area contributed by atoms with Crippen LogP contribution in [-0.4, -0.2) is 22.5 Å². The average molecular weight is 251 g/mol. The van der Waals surface area contributed by atoms with Gasteiger partial charge in [-0.1, -0.05) is 0 Å². The molecule has 0 radical (unpaired) electrons. The summed E-state index contributed by atoms with van der Waals surface area (Å²) in [7, 11) is 0. The van der Waals surface area contributed by atoms with E-state index in [2.05, 4.69) is 10.3 Å². The predicted molar refractivity (Wildman–Crippen MR) is 70.6 cm³/mol. The fourth-order valence-corrected chi connectivity index (χ4v) is 3.16. The number of nitrogen functional groups attached to an aromatic ring is 1. The molecule has 6 heteroatoms. The van der Waals surface area contributed by atoms with Crippen molar-refractivity contribution in [2.45, 2.75) is 12.5 Å². The number of fused-ring (bicyclic) bond motifs is 1. The van der Waals surface area contributed by atoms with Crippen LogP contribution in [0.15, 0.2) is 21.3 Å². The molecule has 0 bridgehead atoms. The van der Waals surface area contributed by atoms with Crippen molar-refractivity contribution in [3.05, 3.63) is 22.7 Å². The number of thioether (sulfide) groups is 1. The summed E-state index contributed by atoms with van der Waals surface area (Å²) in [4.78, 5) is 13.7. The van der Waals surface area contributed by atoms with Crippen molar-refractivity contribution in [3.8, 4) is 0 Å². The summed E-state index contributed by atoms with van der Waals surface area (Å²) in [6.07, 6.45) is 1.14. The highest BCUT2D eigenvalue weighted by molar-refractivity contribution is 7.99. The molecule has 17 heavy (non-hydrogen) atoms. The molecule has 3 rings (SSSR count). The third-order valence-electron chi connectivity index (χ3n) is 2.88. The number of oxazole rings is 1. The van der Waals surface area contributed by atoms with Crippen molar-refractivity contribution in [3.63, 3.8) is 0 Å². The number of H-pyrrole nitrogens is 1. The average Bonchev–Trinajstić information content (AvgIpc) is 2.87. The Morgan fingerprint density at radius 3 is 3.18 bits per heavy atom. The SMILES string of the molecule is Nc1cc2oc(=O)[nH]c2cc1NC1CCSC1. The van der Waals surface area contributed by atoms with Crippen molar-refractivity contribution in [1.82, 2.24) is 4.98 Å². The van der Waals surface area contributed by atoms with Crippen LogP contribution in [-0.2, 0) is 0 Å². The first-order chi connectivity index (χ1) is 8.22. The third kappa shape index (κ3) is 2.00. The van der Waals surface area contributed by atoms with Crippen LogP contribution in [0.2, 0.25) is 0 Å². The molecule has 1 aromatic carbocycles. The summed E-state index contributed by atoms with van der Waals surface area (Å²) in [5.41, 5.74) is 8.58. The standard InChI is InChI=1S/C11H13N3O2S/c12-7-3-10-9(14-11(15)16-10)4-8(7)13-6-1-2-17-5-6/h3-4,6,13H,1-2,5,12H2,(H,14,15). The van der Waals surface area contributed by atoms with Crippen LogP contribution in [0.5, 0.6) is 0 Å². The van der Waals surface area contributed by atoms with Crippen LogP contribution >= 0.6 is 11.8 Å². The molecule has 0 amide bonds. The van der Waals surface area contributed by atoms with Crippen LogP contribution in [0.4, 0.5) is 11.4 Å². The van der Waals surface area contributed by atoms with Gasteiger partial charge in [-0.05, 0) is 18.2 Å². The zero-order chi connectivity index (χ0) is 11.8. The molecule has 1 fully saturated rings. The van der Waals surface area contributed by atoms with E-state index in [0.717, 1.165) is 17.9 Å². The lowest BCUT2D eigenvalue weighted by Gasteiger charge is -2.14. The molecule has 4 N–H and O–H groups in total. The van der Waals surface area contributed by atoms with Gasteiger partial charge in [0.05, 0.1) is 16.9 Å². The number of nitrogens with one attached hydrogen (secondary N) is 2. The maximum absolute atomic E-state index is 11.1. The van der Waals surface area contributed by atoms with Gasteiger partial charge >= 0.3 is 5.76 Å². The predicted octanol–water partition coefficient (Wildman–Crippen LogP) is 1.62. The van der Waals surface area contributed by atoms with Crippen molar-refractivity contribution in [2.24, 2.45) is 0 Å². The van der Waals surface area contributed by atoms with E-state index in [-0.39, 0.29) is 0 Å². The molecular formula is C11H13N3O2S. The van der Waals surface area contributed by atoms with Gasteiger partial charge < -0.3 is 15.5 Å². The molecule has 2 heterocycles. The van der Waals surface area contributed by atoms with Gasteiger partial charge in [0.25, 0.3) is 0 Å². The summed E-state index contributed by atoms with van der Waals surface area (Å²) >= 11 is 1.94. The van der Waals surface area contributed by atoms with E-state index in [1.807, 2.05) is 17.8 Å². The van der Waals surface area contributed by atoms with E-state index in [0.29, 0.717) is 22.8 Å². The minimum Gasteiger partial charge on any atom is -0.408 e. The molecule has 1 aliphatic rings. The Balaban J connectivity index is 1.97. The molecule has 1 atom stereocenters. The van der Waals surface area contributed by atoms with E-state index in [1.54, 1.807) is 6.07 Å². The zero-order valence-corrected chi connectivity index (χ0v) is 9.97. The smallest absolute Gasteiger partial charge is 0.408 e. The van der Waals surface area contributed by atoms with Crippen LogP contribution in [0, 0.1) is 0 Å². The number of nitrogens with two attached hydrogens (primary N) is 1. The largest absolute Gasteiger partial charge is 0.417 e. The lowest BCUT2D eigenvalue weighted by molar-refractivity contribution is 0.555. The summed E-state index contributed by atoms with van der Waals surface area (Å²) in [6, 6.07) is 3.97. The van der Waals surface area contributed by atoms with Gasteiger partial charge in [-0.15, -0.1) is 0 Å². The van der Waals surface area contributed by atoms with Gasteiger partial charge in [0, 0.05) is 17.9 Å². The molecule has 2 aromatic rings. The second kappa shape index (κ2) is 4.03. The zero-order valence-electron chi connectivity index (χ0n) is 9.16. The number of hydrogen-bond donors (Lipinski definition) is 3. The summed E-state index contributed by atoms with van der Waals surface area (Å²) in [5, 5.41) is 3.40. The quantitative estimate of drug-likeness (QED) is 0.706. The number of anilines is 2. The highest BCUT2D eigenvalue weighted by Crippen LogP contribution is 2.28. The first kappa shape index (κ1) is 10.6. The second-order valence-corrected chi connectivity index (χ2v) is 5.30. The lowest BCUT2D eigenvalue weighted by atomic mass is 10.2. The van der Waals surface area contributed by atoms with Crippen molar-refractivity contribution < 1.29 is 4.42 Å². The number of aromatic nitrogens is 1. The topological polar surface area (TPSA) is 84.0 Å². The Morgan fingerprint density at radius 1 is 1.53 bits per heavy atom. The van der Waals surface area contributed by atoms with E-state index in [4.69, 9.17) is 10.2 Å². The number of hydrogen-bond acceptors (Lipinski definition) is 5. The van der Waals surface area contributed by atoms with E-state index >= 15 is 0 Å². The molecule has 1 aliphatic heterocycles. The highest BCUT2D eigenvalue weighted by atomic mass is 32.2. The Morgan fingerprint density at radius 2 is 2.41 bits per heavy atom. The monoisotopic (exact) mass is 251 g/mol. The first-order valence-electron chi connectivity index (χ1n) is 5.49. The summed E-state index contributed by atoms with van der Waals surface area (Å²) in [5.74, 6) is 1.83. The van der Waals surface area contributed by atoms with Crippen LogP contribution < -0.4 is 16.8 Å². The minimum atomic E-state index is -0.451. The number of aromatic amines is 1. The Bertz CT molecular complexity index is 598. The molecule has 90 valence electrons. The highest BCUT2D eigenvalue weighted by Gasteiger charge is 2.16. The van der Waals surface area contributed by atoms with Gasteiger partial charge in [0.1, 0.15) is 0 Å². The van der Waals surface area contributed by atoms with Crippen molar-refractivity contribution in [1.29, 1.82) is 0 Å².